The molecule has 57 valence electrons. The summed E-state index contributed by atoms with van der Waals surface area (Å²) in [5.74, 6) is 0. The fourth-order valence-electron chi connectivity index (χ4n) is 0.878. The van der Waals surface area contributed by atoms with Crippen LogP contribution in [0.5, 0.6) is 0 Å². The zero-order valence-corrected chi connectivity index (χ0v) is 5.44. The van der Waals surface area contributed by atoms with Crippen LogP contribution in [-0.4, -0.2) is 30.7 Å². The Morgan fingerprint density at radius 2 is 2.20 bits per heavy atom. The molecule has 1 unspecified atom stereocenters. The Morgan fingerprint density at radius 1 is 1.60 bits per heavy atom. The number of halogens is 3. The van der Waals surface area contributed by atoms with E-state index in [4.69, 9.17) is 0 Å². The van der Waals surface area contributed by atoms with Gasteiger partial charge in [-0.05, 0) is 13.1 Å². The topological polar surface area (TPSA) is 3.24 Å². The second kappa shape index (κ2) is 2.27. The van der Waals surface area contributed by atoms with E-state index < -0.39 is 12.2 Å². The molecule has 0 aromatic rings. The van der Waals surface area contributed by atoms with Gasteiger partial charge in [-0.15, -0.1) is 0 Å². The molecule has 1 aliphatic rings. The molecule has 1 heterocycles. The van der Waals surface area contributed by atoms with Crippen molar-refractivity contribution in [1.82, 2.24) is 4.90 Å². The van der Waals surface area contributed by atoms with Gasteiger partial charge in [0, 0.05) is 6.54 Å². The first kappa shape index (κ1) is 7.60. The van der Waals surface area contributed by atoms with Crippen molar-refractivity contribution < 1.29 is 13.2 Å². The first-order chi connectivity index (χ1) is 4.52. The summed E-state index contributed by atoms with van der Waals surface area (Å²) in [6.45, 7) is 0.268. The molecule has 0 spiro atoms. The maximum atomic E-state index is 11.9. The molecule has 0 saturated heterocycles. The number of nitrogens with zero attached hydrogens (tertiary/aromatic N) is 1. The van der Waals surface area contributed by atoms with E-state index in [2.05, 4.69) is 6.08 Å². The Hall–Kier alpha value is -0.510. The maximum Gasteiger partial charge on any atom is 0.407 e. The minimum absolute atomic E-state index is 0.268. The number of likely N-dealkylation sites (N-methyl/N-ethyl adjacent to an activating group) is 1. The van der Waals surface area contributed by atoms with E-state index >= 15 is 0 Å². The zero-order valence-electron chi connectivity index (χ0n) is 5.44. The standard InChI is InChI=1S/C6H7F3N/c1-10-4-2-3-5(10)6(7,8)9/h3,5H,4H2,1H3. The average Bonchev–Trinajstić information content (AvgIpc) is 2.11. The van der Waals surface area contributed by atoms with Crippen LogP contribution < -0.4 is 0 Å². The summed E-state index contributed by atoms with van der Waals surface area (Å²) in [4.78, 5) is 1.19. The minimum Gasteiger partial charge on any atom is -0.288 e. The molecule has 0 N–H and O–H groups in total. The predicted molar refractivity (Wildman–Crippen MR) is 30.3 cm³/mol. The minimum atomic E-state index is -4.14. The highest BCUT2D eigenvalue weighted by Gasteiger charge is 2.41. The lowest BCUT2D eigenvalue weighted by molar-refractivity contribution is -0.162. The van der Waals surface area contributed by atoms with E-state index in [-0.39, 0.29) is 6.54 Å². The van der Waals surface area contributed by atoms with Crippen molar-refractivity contribution in [1.29, 1.82) is 0 Å². The van der Waals surface area contributed by atoms with Gasteiger partial charge in [-0.25, -0.2) is 0 Å². The fraction of sp³-hybridized carbons (Fsp3) is 0.667. The summed E-state index contributed by atoms with van der Waals surface area (Å²) in [7, 11) is 1.43. The van der Waals surface area contributed by atoms with Crippen LogP contribution in [0, 0.1) is 6.08 Å². The fourth-order valence-corrected chi connectivity index (χ4v) is 0.878. The lowest BCUT2D eigenvalue weighted by atomic mass is 10.3. The maximum absolute atomic E-state index is 11.9. The van der Waals surface area contributed by atoms with E-state index in [1.807, 2.05) is 0 Å². The first-order valence-corrected chi connectivity index (χ1v) is 2.85. The van der Waals surface area contributed by atoms with Crippen molar-refractivity contribution in [3.8, 4) is 0 Å². The summed E-state index contributed by atoms with van der Waals surface area (Å²) in [6, 6.07) is -1.42. The molecule has 10 heavy (non-hydrogen) atoms. The molecule has 0 aromatic heterocycles. The second-order valence-corrected chi connectivity index (χ2v) is 2.27. The summed E-state index contributed by atoms with van der Waals surface area (Å²) in [5.41, 5.74) is 0. The van der Waals surface area contributed by atoms with Gasteiger partial charge < -0.3 is 0 Å². The molecule has 0 aliphatic carbocycles. The lowest BCUT2D eigenvalue weighted by Crippen LogP contribution is -2.38. The van der Waals surface area contributed by atoms with Crippen molar-refractivity contribution in [3.05, 3.63) is 12.2 Å². The smallest absolute Gasteiger partial charge is 0.288 e. The molecule has 0 fully saturated rings. The number of hydrogen-bond acceptors (Lipinski definition) is 1. The molecular formula is C6H7F3N. The van der Waals surface area contributed by atoms with E-state index in [1.54, 1.807) is 0 Å². The highest BCUT2D eigenvalue weighted by molar-refractivity contribution is 5.01. The van der Waals surface area contributed by atoms with Gasteiger partial charge in [-0.2, -0.15) is 13.2 Å². The summed E-state index contributed by atoms with van der Waals surface area (Å²) >= 11 is 0. The monoisotopic (exact) mass is 150 g/mol. The van der Waals surface area contributed by atoms with Crippen LogP contribution in [-0.2, 0) is 0 Å². The van der Waals surface area contributed by atoms with Gasteiger partial charge in [0.2, 0.25) is 0 Å². The van der Waals surface area contributed by atoms with Crippen molar-refractivity contribution in [2.24, 2.45) is 0 Å². The van der Waals surface area contributed by atoms with E-state index in [0.717, 1.165) is 6.08 Å². The zero-order chi connectivity index (χ0) is 7.78. The first-order valence-electron chi connectivity index (χ1n) is 2.85. The quantitative estimate of drug-likeness (QED) is 0.502. The Balaban J connectivity index is 2.64. The largest absolute Gasteiger partial charge is 0.407 e. The third kappa shape index (κ3) is 1.31. The van der Waals surface area contributed by atoms with Gasteiger partial charge in [-0.3, -0.25) is 4.90 Å². The van der Waals surface area contributed by atoms with E-state index in [1.165, 1.54) is 11.9 Å². The van der Waals surface area contributed by atoms with Crippen molar-refractivity contribution >= 4 is 0 Å². The number of alkyl halides is 3. The molecular weight excluding hydrogens is 143 g/mol. The van der Waals surface area contributed by atoms with Gasteiger partial charge in [0.05, 0.1) is 0 Å². The van der Waals surface area contributed by atoms with E-state index in [9.17, 15) is 13.2 Å². The molecule has 1 aliphatic heterocycles. The van der Waals surface area contributed by atoms with Crippen LogP contribution in [0.1, 0.15) is 0 Å². The SMILES string of the molecule is CN1C[C]=CC1C(F)(F)F. The van der Waals surface area contributed by atoms with Gasteiger partial charge in [0.25, 0.3) is 0 Å². The Morgan fingerprint density at radius 3 is 2.40 bits per heavy atom. The number of hydrogen-bond donors (Lipinski definition) is 0. The highest BCUT2D eigenvalue weighted by Crippen LogP contribution is 2.26. The van der Waals surface area contributed by atoms with Crippen molar-refractivity contribution in [2.75, 3.05) is 13.6 Å². The Labute approximate surface area is 57.1 Å². The van der Waals surface area contributed by atoms with Crippen LogP contribution in [0.15, 0.2) is 6.08 Å². The van der Waals surface area contributed by atoms with Crippen LogP contribution >= 0.6 is 0 Å². The molecule has 1 rings (SSSR count). The summed E-state index contributed by atoms with van der Waals surface area (Å²) < 4.78 is 35.7. The van der Waals surface area contributed by atoms with Crippen molar-refractivity contribution in [3.63, 3.8) is 0 Å². The molecule has 0 saturated carbocycles. The van der Waals surface area contributed by atoms with Crippen LogP contribution in [0.2, 0.25) is 0 Å². The normalized spacial score (nSPS) is 27.8. The lowest BCUT2D eigenvalue weighted by Gasteiger charge is -2.21. The molecule has 1 nitrogen and oxygen atoms in total. The van der Waals surface area contributed by atoms with E-state index in [0.29, 0.717) is 0 Å². The Bertz CT molecular complexity index is 150. The average molecular weight is 150 g/mol. The Kier molecular flexibility index (Phi) is 1.72. The second-order valence-electron chi connectivity index (χ2n) is 2.27. The van der Waals surface area contributed by atoms with Crippen LogP contribution in [0.4, 0.5) is 13.2 Å². The molecule has 1 radical (unpaired) electrons. The summed E-state index contributed by atoms with van der Waals surface area (Å²) in [6.07, 6.45) is -0.576. The van der Waals surface area contributed by atoms with Gasteiger partial charge in [0.1, 0.15) is 6.04 Å². The van der Waals surface area contributed by atoms with Gasteiger partial charge in [-0.1, -0.05) is 6.08 Å². The van der Waals surface area contributed by atoms with Crippen LogP contribution in [0.3, 0.4) is 0 Å². The highest BCUT2D eigenvalue weighted by atomic mass is 19.4. The summed E-state index contributed by atoms with van der Waals surface area (Å²) in [5, 5.41) is 0. The van der Waals surface area contributed by atoms with Crippen molar-refractivity contribution in [2.45, 2.75) is 12.2 Å². The molecule has 1 atom stereocenters. The predicted octanol–water partition coefficient (Wildman–Crippen LogP) is 1.22. The number of rotatable bonds is 0. The van der Waals surface area contributed by atoms with Crippen LogP contribution in [0.25, 0.3) is 0 Å². The third-order valence-electron chi connectivity index (χ3n) is 1.43. The molecule has 4 heteroatoms. The van der Waals surface area contributed by atoms with Gasteiger partial charge >= 0.3 is 6.18 Å². The third-order valence-corrected chi connectivity index (χ3v) is 1.43. The molecule has 0 amide bonds. The molecule has 0 aromatic carbocycles. The molecule has 0 bridgehead atoms. The van der Waals surface area contributed by atoms with Gasteiger partial charge in [0.15, 0.2) is 0 Å².